The van der Waals surface area contributed by atoms with Crippen molar-refractivity contribution in [3.05, 3.63) is 58.9 Å². The van der Waals surface area contributed by atoms with Crippen molar-refractivity contribution in [2.45, 2.75) is 30.4 Å². The number of carbonyl (C=O) groups excluding carboxylic acids is 1. The normalized spacial score (nSPS) is 13.7. The first-order valence-corrected chi connectivity index (χ1v) is 11.2. The largest absolute Gasteiger partial charge is 0.495 e. The molecule has 31 heavy (non-hydrogen) atoms. The fourth-order valence-corrected chi connectivity index (χ4v) is 4.36. The zero-order valence-corrected chi connectivity index (χ0v) is 17.9. The van der Waals surface area contributed by atoms with E-state index in [0.717, 1.165) is 12.8 Å². The predicted octanol–water partition coefficient (Wildman–Crippen LogP) is 3.20. The van der Waals surface area contributed by atoms with Crippen LogP contribution in [-0.2, 0) is 21.4 Å². The van der Waals surface area contributed by atoms with E-state index in [9.17, 15) is 13.2 Å². The summed E-state index contributed by atoms with van der Waals surface area (Å²) in [5.41, 5.74) is 0.744. The molecule has 1 aliphatic rings. The molecule has 0 bridgehead atoms. The zero-order chi connectivity index (χ0) is 22.0. The molecule has 0 atom stereocenters. The Hall–Kier alpha value is -2.95. The van der Waals surface area contributed by atoms with Crippen LogP contribution in [0.3, 0.4) is 0 Å². The van der Waals surface area contributed by atoms with Gasteiger partial charge in [0.2, 0.25) is 15.8 Å². The van der Waals surface area contributed by atoms with Gasteiger partial charge in [-0.1, -0.05) is 16.8 Å². The molecule has 1 heterocycles. The average molecular weight is 464 g/mol. The molecule has 0 unspecified atom stereocenters. The number of esters is 1. The monoisotopic (exact) mass is 463 g/mol. The molecule has 2 aromatic carbocycles. The molecule has 1 aromatic heterocycles. The van der Waals surface area contributed by atoms with Crippen LogP contribution in [0.15, 0.2) is 51.9 Å². The van der Waals surface area contributed by atoms with Gasteiger partial charge in [-0.25, -0.2) is 17.9 Å². The Morgan fingerprint density at radius 1 is 1.23 bits per heavy atom. The van der Waals surface area contributed by atoms with Gasteiger partial charge in [0, 0.05) is 16.6 Å². The highest BCUT2D eigenvalue weighted by Crippen LogP contribution is 2.28. The molecular weight excluding hydrogens is 446 g/mol. The number of carbonyl (C=O) groups is 1. The lowest BCUT2D eigenvalue weighted by atomic mass is 10.2. The maximum atomic E-state index is 12.6. The smallest absolute Gasteiger partial charge is 0.338 e. The average Bonchev–Trinajstić information content (AvgIpc) is 3.44. The Balaban J connectivity index is 1.46. The van der Waals surface area contributed by atoms with Gasteiger partial charge in [-0.3, -0.25) is 0 Å². The molecule has 1 N–H and O–H groups in total. The summed E-state index contributed by atoms with van der Waals surface area (Å²) in [6.45, 7) is -0.270. The number of hydrogen-bond donors (Lipinski definition) is 1. The van der Waals surface area contributed by atoms with E-state index in [1.54, 1.807) is 24.3 Å². The van der Waals surface area contributed by atoms with E-state index in [1.165, 1.54) is 25.3 Å². The highest BCUT2D eigenvalue weighted by atomic mass is 35.5. The van der Waals surface area contributed by atoms with Crippen LogP contribution in [0.5, 0.6) is 5.75 Å². The number of aromatic nitrogens is 2. The van der Waals surface area contributed by atoms with Crippen molar-refractivity contribution in [1.29, 1.82) is 0 Å². The molecule has 162 valence electrons. The first-order valence-electron chi connectivity index (χ1n) is 9.32. The minimum Gasteiger partial charge on any atom is -0.495 e. The molecule has 1 aliphatic carbocycles. The summed E-state index contributed by atoms with van der Waals surface area (Å²) in [5.74, 6) is -0.187. The van der Waals surface area contributed by atoms with Crippen molar-refractivity contribution < 1.29 is 27.2 Å². The lowest BCUT2D eigenvalue weighted by molar-refractivity contribution is 0.0429. The SMILES string of the molecule is COc1ccc(C(=O)OCc2nc(-c3ccc(Cl)cc3)no2)cc1S(=O)(=O)NC1CC1. The number of rotatable bonds is 8. The Morgan fingerprint density at radius 2 is 1.97 bits per heavy atom. The number of nitrogens with one attached hydrogen (secondary N) is 1. The summed E-state index contributed by atoms with van der Waals surface area (Å²) in [6, 6.07) is 10.8. The Labute approximate surface area is 183 Å². The number of benzene rings is 2. The van der Waals surface area contributed by atoms with E-state index in [2.05, 4.69) is 14.9 Å². The van der Waals surface area contributed by atoms with Crippen LogP contribution in [0.1, 0.15) is 29.1 Å². The minimum atomic E-state index is -3.83. The summed E-state index contributed by atoms with van der Waals surface area (Å²) in [4.78, 5) is 16.5. The van der Waals surface area contributed by atoms with E-state index in [0.29, 0.717) is 16.4 Å². The van der Waals surface area contributed by atoms with E-state index < -0.39 is 16.0 Å². The number of ether oxygens (including phenoxy) is 2. The summed E-state index contributed by atoms with van der Waals surface area (Å²) < 4.78 is 43.2. The van der Waals surface area contributed by atoms with Gasteiger partial charge < -0.3 is 14.0 Å². The third kappa shape index (κ3) is 5.04. The van der Waals surface area contributed by atoms with Gasteiger partial charge in [-0.05, 0) is 55.3 Å². The van der Waals surface area contributed by atoms with Crippen molar-refractivity contribution in [3.8, 4) is 17.1 Å². The van der Waals surface area contributed by atoms with Gasteiger partial charge in [0.15, 0.2) is 6.61 Å². The van der Waals surface area contributed by atoms with Crippen molar-refractivity contribution in [2.75, 3.05) is 7.11 Å². The fraction of sp³-hybridized carbons (Fsp3) is 0.250. The van der Waals surface area contributed by atoms with Crippen LogP contribution >= 0.6 is 11.6 Å². The third-order valence-electron chi connectivity index (χ3n) is 4.49. The zero-order valence-electron chi connectivity index (χ0n) is 16.4. The summed E-state index contributed by atoms with van der Waals surface area (Å²) in [7, 11) is -2.47. The first-order chi connectivity index (χ1) is 14.9. The Kier molecular flexibility index (Phi) is 5.94. The van der Waals surface area contributed by atoms with Gasteiger partial charge in [0.1, 0.15) is 10.6 Å². The van der Waals surface area contributed by atoms with Crippen LogP contribution in [0.25, 0.3) is 11.4 Å². The predicted molar refractivity (Wildman–Crippen MR) is 110 cm³/mol. The van der Waals surface area contributed by atoms with Gasteiger partial charge >= 0.3 is 5.97 Å². The second-order valence-corrected chi connectivity index (χ2v) is 8.97. The van der Waals surface area contributed by atoms with E-state index in [-0.39, 0.29) is 34.7 Å². The maximum Gasteiger partial charge on any atom is 0.338 e. The molecule has 9 nitrogen and oxygen atoms in total. The molecule has 11 heteroatoms. The molecule has 0 saturated heterocycles. The maximum absolute atomic E-state index is 12.6. The molecule has 1 saturated carbocycles. The minimum absolute atomic E-state index is 0.0504. The molecular formula is C20H18ClN3O6S. The van der Waals surface area contributed by atoms with Crippen molar-refractivity contribution in [3.63, 3.8) is 0 Å². The van der Waals surface area contributed by atoms with Gasteiger partial charge in [-0.2, -0.15) is 4.98 Å². The fourth-order valence-electron chi connectivity index (χ4n) is 2.74. The van der Waals surface area contributed by atoms with E-state index in [1.807, 2.05) is 0 Å². The number of nitrogens with zero attached hydrogens (tertiary/aromatic N) is 2. The molecule has 3 aromatic rings. The molecule has 0 aliphatic heterocycles. The molecule has 0 radical (unpaired) electrons. The summed E-state index contributed by atoms with van der Waals surface area (Å²) in [6.07, 6.45) is 1.57. The second-order valence-electron chi connectivity index (χ2n) is 6.86. The molecule has 0 spiro atoms. The van der Waals surface area contributed by atoms with Crippen LogP contribution in [0.2, 0.25) is 5.02 Å². The van der Waals surface area contributed by atoms with E-state index >= 15 is 0 Å². The standard InChI is InChI=1S/C20H18ClN3O6S/c1-28-16-9-4-13(10-17(16)31(26,27)24-15-7-8-15)20(25)29-11-18-22-19(23-30-18)12-2-5-14(21)6-3-12/h2-6,9-10,15,24H,7-8,11H2,1H3. The van der Waals surface area contributed by atoms with Crippen LogP contribution in [0.4, 0.5) is 0 Å². The number of methoxy groups -OCH3 is 1. The van der Waals surface area contributed by atoms with Gasteiger partial charge in [-0.15, -0.1) is 0 Å². The topological polar surface area (TPSA) is 121 Å². The summed E-state index contributed by atoms with van der Waals surface area (Å²) >= 11 is 5.86. The molecule has 4 rings (SSSR count). The highest BCUT2D eigenvalue weighted by molar-refractivity contribution is 7.89. The lowest BCUT2D eigenvalue weighted by Crippen LogP contribution is -2.26. The Bertz CT molecular complexity index is 1210. The van der Waals surface area contributed by atoms with Crippen LogP contribution in [0, 0.1) is 0 Å². The first kappa shape index (κ1) is 21.3. The third-order valence-corrected chi connectivity index (χ3v) is 6.28. The lowest BCUT2D eigenvalue weighted by Gasteiger charge is -2.11. The quantitative estimate of drug-likeness (QED) is 0.505. The van der Waals surface area contributed by atoms with Gasteiger partial charge in [0.05, 0.1) is 12.7 Å². The van der Waals surface area contributed by atoms with Crippen molar-refractivity contribution in [1.82, 2.24) is 14.9 Å². The molecule has 0 amide bonds. The number of sulfonamides is 1. The van der Waals surface area contributed by atoms with E-state index in [4.69, 9.17) is 25.6 Å². The van der Waals surface area contributed by atoms with Gasteiger partial charge in [0.25, 0.3) is 5.89 Å². The summed E-state index contributed by atoms with van der Waals surface area (Å²) in [5, 5.41) is 4.42. The van der Waals surface area contributed by atoms with Crippen LogP contribution in [-0.4, -0.2) is 37.7 Å². The second kappa shape index (κ2) is 8.66. The van der Waals surface area contributed by atoms with Crippen molar-refractivity contribution in [2.24, 2.45) is 0 Å². The Morgan fingerprint density at radius 3 is 2.65 bits per heavy atom. The molecule has 1 fully saturated rings. The van der Waals surface area contributed by atoms with Crippen molar-refractivity contribution >= 4 is 27.6 Å². The number of halogens is 1. The number of hydrogen-bond acceptors (Lipinski definition) is 8. The highest BCUT2D eigenvalue weighted by Gasteiger charge is 2.30. The van der Waals surface area contributed by atoms with Crippen LogP contribution < -0.4 is 9.46 Å².